The Balaban J connectivity index is 2.03. The van der Waals surface area contributed by atoms with Gasteiger partial charge in [0.2, 0.25) is 0 Å². The van der Waals surface area contributed by atoms with E-state index in [0.29, 0.717) is 15.8 Å². The summed E-state index contributed by atoms with van der Waals surface area (Å²) in [5.41, 5.74) is 0.690. The predicted octanol–water partition coefficient (Wildman–Crippen LogP) is 5.42. The van der Waals surface area contributed by atoms with E-state index in [0.717, 1.165) is 29.9 Å². The molecule has 0 aliphatic carbocycles. The van der Waals surface area contributed by atoms with Gasteiger partial charge in [-0.05, 0) is 48.8 Å². The van der Waals surface area contributed by atoms with E-state index in [1.807, 2.05) is 30.3 Å². The number of hydrogen-bond donors (Lipinski definition) is 1. The molecule has 2 aromatic heterocycles. The van der Waals surface area contributed by atoms with Crippen LogP contribution in [0.1, 0.15) is 30.9 Å². The molecule has 0 aliphatic rings. The zero-order valence-electron chi connectivity index (χ0n) is 11.5. The van der Waals surface area contributed by atoms with Crippen molar-refractivity contribution < 1.29 is 8.83 Å². The monoisotopic (exact) mass is 323 g/mol. The number of rotatable bonds is 5. The standard InChI is InChI=1S/C16H15Cl2NO2/c1-2-8-19-15(12-6-7-14(18)20-12)13-9-10-4-3-5-11(17)16(10)21-13/h3-7,9,15,19H,2,8H2,1H3. The molecule has 1 N–H and O–H groups in total. The van der Waals surface area contributed by atoms with E-state index in [4.69, 9.17) is 32.0 Å². The highest BCUT2D eigenvalue weighted by atomic mass is 35.5. The van der Waals surface area contributed by atoms with Gasteiger partial charge >= 0.3 is 0 Å². The minimum Gasteiger partial charge on any atom is -0.457 e. The van der Waals surface area contributed by atoms with Crippen LogP contribution in [0.3, 0.4) is 0 Å². The van der Waals surface area contributed by atoms with Gasteiger partial charge in [-0.2, -0.15) is 0 Å². The molecule has 2 heterocycles. The van der Waals surface area contributed by atoms with E-state index in [9.17, 15) is 0 Å². The fourth-order valence-electron chi connectivity index (χ4n) is 2.30. The summed E-state index contributed by atoms with van der Waals surface area (Å²) >= 11 is 12.1. The smallest absolute Gasteiger partial charge is 0.193 e. The predicted molar refractivity (Wildman–Crippen MR) is 85.1 cm³/mol. The molecule has 1 aromatic carbocycles. The van der Waals surface area contributed by atoms with Crippen molar-refractivity contribution in [2.75, 3.05) is 6.54 Å². The second kappa shape index (κ2) is 6.14. The van der Waals surface area contributed by atoms with Gasteiger partial charge in [0.05, 0.1) is 5.02 Å². The molecule has 3 aromatic rings. The number of para-hydroxylation sites is 1. The van der Waals surface area contributed by atoms with Crippen LogP contribution < -0.4 is 5.32 Å². The highest BCUT2D eigenvalue weighted by Gasteiger charge is 2.21. The van der Waals surface area contributed by atoms with Crippen LogP contribution in [0.2, 0.25) is 10.2 Å². The van der Waals surface area contributed by atoms with Crippen LogP contribution >= 0.6 is 23.2 Å². The van der Waals surface area contributed by atoms with Gasteiger partial charge in [-0.3, -0.25) is 0 Å². The molecule has 0 radical (unpaired) electrons. The molecular formula is C16H15Cl2NO2. The largest absolute Gasteiger partial charge is 0.457 e. The zero-order chi connectivity index (χ0) is 14.8. The Labute approximate surface area is 132 Å². The minimum absolute atomic E-state index is 0.180. The minimum atomic E-state index is -0.180. The molecule has 5 heteroatoms. The normalized spacial score (nSPS) is 12.9. The maximum atomic E-state index is 6.17. The molecule has 0 amide bonds. The number of benzene rings is 1. The molecule has 0 spiro atoms. The molecule has 110 valence electrons. The van der Waals surface area contributed by atoms with Crippen molar-refractivity contribution in [3.63, 3.8) is 0 Å². The van der Waals surface area contributed by atoms with Crippen LogP contribution in [0.15, 0.2) is 45.2 Å². The maximum absolute atomic E-state index is 6.17. The molecule has 3 rings (SSSR count). The maximum Gasteiger partial charge on any atom is 0.193 e. The van der Waals surface area contributed by atoms with Crippen molar-refractivity contribution in [1.82, 2.24) is 5.32 Å². The molecule has 0 saturated heterocycles. The van der Waals surface area contributed by atoms with Gasteiger partial charge in [0.15, 0.2) is 10.8 Å². The second-order valence-electron chi connectivity index (χ2n) is 4.84. The fourth-order valence-corrected chi connectivity index (χ4v) is 2.68. The molecule has 21 heavy (non-hydrogen) atoms. The third-order valence-electron chi connectivity index (χ3n) is 3.28. The van der Waals surface area contributed by atoms with Crippen LogP contribution in [0, 0.1) is 0 Å². The number of nitrogens with one attached hydrogen (secondary N) is 1. The summed E-state index contributed by atoms with van der Waals surface area (Å²) in [6.45, 7) is 2.95. The second-order valence-corrected chi connectivity index (χ2v) is 5.62. The number of halogens is 2. The Morgan fingerprint density at radius 1 is 1.10 bits per heavy atom. The quantitative estimate of drug-likeness (QED) is 0.681. The van der Waals surface area contributed by atoms with Crippen molar-refractivity contribution in [2.45, 2.75) is 19.4 Å². The molecule has 0 fully saturated rings. The van der Waals surface area contributed by atoms with Crippen molar-refractivity contribution in [3.8, 4) is 0 Å². The lowest BCUT2D eigenvalue weighted by Gasteiger charge is -2.13. The van der Waals surface area contributed by atoms with E-state index in [1.54, 1.807) is 6.07 Å². The van der Waals surface area contributed by atoms with Crippen LogP contribution in [0.25, 0.3) is 11.0 Å². The summed E-state index contributed by atoms with van der Waals surface area (Å²) in [5.74, 6) is 1.49. The van der Waals surface area contributed by atoms with Crippen LogP contribution in [-0.4, -0.2) is 6.54 Å². The van der Waals surface area contributed by atoms with Gasteiger partial charge in [-0.1, -0.05) is 30.7 Å². The highest BCUT2D eigenvalue weighted by molar-refractivity contribution is 6.34. The Morgan fingerprint density at radius 3 is 2.62 bits per heavy atom. The van der Waals surface area contributed by atoms with Crippen molar-refractivity contribution >= 4 is 34.2 Å². The van der Waals surface area contributed by atoms with E-state index < -0.39 is 0 Å². The summed E-state index contributed by atoms with van der Waals surface area (Å²) in [5, 5.41) is 5.34. The lowest BCUT2D eigenvalue weighted by atomic mass is 10.1. The first kappa shape index (κ1) is 14.5. The summed E-state index contributed by atoms with van der Waals surface area (Å²) < 4.78 is 11.5. The van der Waals surface area contributed by atoms with Crippen molar-refractivity contribution in [2.24, 2.45) is 0 Å². The third kappa shape index (κ3) is 2.95. The fraction of sp³-hybridized carbons (Fsp3) is 0.250. The summed E-state index contributed by atoms with van der Waals surface area (Å²) in [7, 11) is 0. The van der Waals surface area contributed by atoms with E-state index in [-0.39, 0.29) is 6.04 Å². The van der Waals surface area contributed by atoms with Crippen LogP contribution in [0.4, 0.5) is 0 Å². The Kier molecular flexibility index (Phi) is 4.24. The first-order valence-corrected chi connectivity index (χ1v) is 7.61. The molecule has 0 bridgehead atoms. The van der Waals surface area contributed by atoms with Crippen LogP contribution in [0.5, 0.6) is 0 Å². The zero-order valence-corrected chi connectivity index (χ0v) is 13.0. The Hall–Kier alpha value is -1.42. The number of hydrogen-bond acceptors (Lipinski definition) is 3. The van der Waals surface area contributed by atoms with Gasteiger partial charge in [-0.25, -0.2) is 0 Å². The van der Waals surface area contributed by atoms with Gasteiger partial charge in [0.1, 0.15) is 17.6 Å². The first-order valence-electron chi connectivity index (χ1n) is 6.85. The molecule has 0 aliphatic heterocycles. The average Bonchev–Trinajstić information content (AvgIpc) is 3.07. The van der Waals surface area contributed by atoms with Crippen LogP contribution in [-0.2, 0) is 0 Å². The SMILES string of the molecule is CCCNC(c1ccc(Cl)o1)c1cc2cccc(Cl)c2o1. The summed E-state index contributed by atoms with van der Waals surface area (Å²) in [6, 6.07) is 11.1. The third-order valence-corrected chi connectivity index (χ3v) is 3.78. The topological polar surface area (TPSA) is 38.3 Å². The molecule has 3 nitrogen and oxygen atoms in total. The summed E-state index contributed by atoms with van der Waals surface area (Å²) in [6.07, 6.45) is 1.01. The van der Waals surface area contributed by atoms with Crippen molar-refractivity contribution in [1.29, 1.82) is 0 Å². The highest BCUT2D eigenvalue weighted by Crippen LogP contribution is 2.33. The van der Waals surface area contributed by atoms with Gasteiger partial charge in [0.25, 0.3) is 0 Å². The Morgan fingerprint density at radius 2 is 1.95 bits per heavy atom. The molecule has 1 unspecified atom stereocenters. The Bertz CT molecular complexity index is 748. The van der Waals surface area contributed by atoms with E-state index in [1.165, 1.54) is 0 Å². The lowest BCUT2D eigenvalue weighted by Crippen LogP contribution is -2.22. The molecular weight excluding hydrogens is 309 g/mol. The van der Waals surface area contributed by atoms with E-state index >= 15 is 0 Å². The number of fused-ring (bicyclic) bond motifs is 1. The lowest BCUT2D eigenvalue weighted by molar-refractivity contribution is 0.400. The number of furan rings is 2. The van der Waals surface area contributed by atoms with E-state index in [2.05, 4.69) is 12.2 Å². The first-order chi connectivity index (χ1) is 10.2. The summed E-state index contributed by atoms with van der Waals surface area (Å²) in [4.78, 5) is 0. The molecule has 0 saturated carbocycles. The van der Waals surface area contributed by atoms with Gasteiger partial charge in [-0.15, -0.1) is 0 Å². The molecule has 1 atom stereocenters. The average molecular weight is 324 g/mol. The van der Waals surface area contributed by atoms with Gasteiger partial charge < -0.3 is 14.2 Å². The van der Waals surface area contributed by atoms with Crippen molar-refractivity contribution in [3.05, 3.63) is 58.2 Å². The van der Waals surface area contributed by atoms with Gasteiger partial charge in [0, 0.05) is 5.39 Å².